The van der Waals surface area contributed by atoms with Crippen LogP contribution in [0.4, 0.5) is 0 Å². The van der Waals surface area contributed by atoms with Crippen molar-refractivity contribution in [1.82, 2.24) is 9.97 Å². The number of esters is 1. The highest BCUT2D eigenvalue weighted by molar-refractivity contribution is 6.30. The fourth-order valence-corrected chi connectivity index (χ4v) is 3.27. The van der Waals surface area contributed by atoms with Gasteiger partial charge in [0.05, 0.1) is 11.9 Å². The highest BCUT2D eigenvalue weighted by Crippen LogP contribution is 2.25. The number of fused-ring (bicyclic) bond motifs is 2. The number of aryl methyl sites for hydroxylation is 3. The number of pyridine rings is 1. The molecule has 0 aliphatic carbocycles. The molecule has 0 saturated carbocycles. The molecule has 0 unspecified atom stereocenters. The van der Waals surface area contributed by atoms with Crippen LogP contribution >= 0.6 is 11.6 Å². The van der Waals surface area contributed by atoms with Crippen LogP contribution in [0.2, 0.25) is 5.15 Å². The summed E-state index contributed by atoms with van der Waals surface area (Å²) in [5.41, 5.74) is 5.32. The third-order valence-corrected chi connectivity index (χ3v) is 5.13. The second-order valence-electron chi connectivity index (χ2n) is 6.75. The summed E-state index contributed by atoms with van der Waals surface area (Å²) in [6, 6.07) is 13.5. The standard InChI is InChI=1S/C22H19ClN2O3/c1-13-7-8-15-11-16(22(23)25-21(15)14(13)2)12-27-20(26)10-9-19-24-17-5-3-4-6-18(17)28-19/h3-8,11H,9-10,12H2,1-2H3. The minimum Gasteiger partial charge on any atom is -0.461 e. The first kappa shape index (κ1) is 18.4. The highest BCUT2D eigenvalue weighted by atomic mass is 35.5. The summed E-state index contributed by atoms with van der Waals surface area (Å²) in [6.45, 7) is 4.14. The fraction of sp³-hybridized carbons (Fsp3) is 0.227. The summed E-state index contributed by atoms with van der Waals surface area (Å²) in [7, 11) is 0. The summed E-state index contributed by atoms with van der Waals surface area (Å²) in [6.07, 6.45) is 0.569. The van der Waals surface area contributed by atoms with Crippen LogP contribution in [0, 0.1) is 13.8 Å². The Bertz CT molecular complexity index is 1150. The van der Waals surface area contributed by atoms with Crippen molar-refractivity contribution in [2.45, 2.75) is 33.3 Å². The SMILES string of the molecule is Cc1ccc2cc(COC(=O)CCc3nc4ccccc4o3)c(Cl)nc2c1C. The number of aromatic nitrogens is 2. The van der Waals surface area contributed by atoms with Gasteiger partial charge in [0.25, 0.3) is 0 Å². The zero-order valence-electron chi connectivity index (χ0n) is 15.7. The predicted molar refractivity (Wildman–Crippen MR) is 108 cm³/mol. The first-order valence-corrected chi connectivity index (χ1v) is 9.44. The first-order chi connectivity index (χ1) is 13.5. The van der Waals surface area contributed by atoms with Gasteiger partial charge in [-0.3, -0.25) is 4.79 Å². The molecule has 4 rings (SSSR count). The Morgan fingerprint density at radius 3 is 2.79 bits per heavy atom. The van der Waals surface area contributed by atoms with E-state index < -0.39 is 0 Å². The molecule has 142 valence electrons. The monoisotopic (exact) mass is 394 g/mol. The van der Waals surface area contributed by atoms with Crippen molar-refractivity contribution in [3.05, 3.63) is 70.2 Å². The number of carbonyl (C=O) groups excluding carboxylic acids is 1. The van der Waals surface area contributed by atoms with Crippen LogP contribution in [0.15, 0.2) is 46.9 Å². The molecular formula is C22H19ClN2O3. The van der Waals surface area contributed by atoms with Gasteiger partial charge in [0.2, 0.25) is 0 Å². The Hall–Kier alpha value is -2.92. The molecule has 0 N–H and O–H groups in total. The van der Waals surface area contributed by atoms with Crippen molar-refractivity contribution >= 4 is 39.6 Å². The Labute approximate surface area is 167 Å². The third-order valence-electron chi connectivity index (χ3n) is 4.81. The average Bonchev–Trinajstić information content (AvgIpc) is 3.11. The number of hydrogen-bond acceptors (Lipinski definition) is 5. The quantitative estimate of drug-likeness (QED) is 0.338. The van der Waals surface area contributed by atoms with E-state index in [1.165, 1.54) is 0 Å². The molecule has 2 heterocycles. The number of halogens is 1. The molecule has 4 aromatic rings. The van der Waals surface area contributed by atoms with Gasteiger partial charge in [-0.25, -0.2) is 9.97 Å². The third kappa shape index (κ3) is 3.71. The van der Waals surface area contributed by atoms with Crippen molar-refractivity contribution in [1.29, 1.82) is 0 Å². The van der Waals surface area contributed by atoms with E-state index in [4.69, 9.17) is 20.8 Å². The maximum Gasteiger partial charge on any atom is 0.306 e. The van der Waals surface area contributed by atoms with Gasteiger partial charge in [0.1, 0.15) is 17.3 Å². The summed E-state index contributed by atoms with van der Waals surface area (Å²) in [5, 5.41) is 1.33. The van der Waals surface area contributed by atoms with Crippen molar-refractivity contribution in [2.75, 3.05) is 0 Å². The van der Waals surface area contributed by atoms with Crippen LogP contribution < -0.4 is 0 Å². The maximum atomic E-state index is 12.1. The molecule has 0 saturated heterocycles. The topological polar surface area (TPSA) is 65.2 Å². The molecule has 0 bridgehead atoms. The molecular weight excluding hydrogens is 376 g/mol. The van der Waals surface area contributed by atoms with E-state index >= 15 is 0 Å². The molecule has 28 heavy (non-hydrogen) atoms. The van der Waals surface area contributed by atoms with E-state index in [0.29, 0.717) is 28.6 Å². The predicted octanol–water partition coefficient (Wildman–Crippen LogP) is 5.32. The van der Waals surface area contributed by atoms with Gasteiger partial charge in [-0.05, 0) is 43.2 Å². The van der Waals surface area contributed by atoms with Crippen molar-refractivity contribution in [2.24, 2.45) is 0 Å². The van der Waals surface area contributed by atoms with Gasteiger partial charge < -0.3 is 9.15 Å². The van der Waals surface area contributed by atoms with E-state index in [1.807, 2.05) is 56.3 Å². The second kappa shape index (κ2) is 7.60. The fourth-order valence-electron chi connectivity index (χ4n) is 3.07. The summed E-state index contributed by atoms with van der Waals surface area (Å²) < 4.78 is 11.0. The minimum absolute atomic E-state index is 0.0844. The Morgan fingerprint density at radius 1 is 1.14 bits per heavy atom. The number of hydrogen-bond donors (Lipinski definition) is 0. The lowest BCUT2D eigenvalue weighted by Gasteiger charge is -2.10. The maximum absolute atomic E-state index is 12.1. The highest BCUT2D eigenvalue weighted by Gasteiger charge is 2.12. The largest absolute Gasteiger partial charge is 0.461 e. The lowest BCUT2D eigenvalue weighted by molar-refractivity contribution is -0.145. The van der Waals surface area contributed by atoms with Gasteiger partial charge in [0.15, 0.2) is 11.5 Å². The number of rotatable bonds is 5. The molecule has 0 aliphatic heterocycles. The average molecular weight is 395 g/mol. The van der Waals surface area contributed by atoms with E-state index in [0.717, 1.165) is 27.5 Å². The number of para-hydroxylation sites is 2. The first-order valence-electron chi connectivity index (χ1n) is 9.06. The summed E-state index contributed by atoms with van der Waals surface area (Å²) >= 11 is 6.30. The van der Waals surface area contributed by atoms with Crippen molar-refractivity contribution in [3.63, 3.8) is 0 Å². The molecule has 0 atom stereocenters. The molecule has 2 aromatic heterocycles. The number of oxazole rings is 1. The van der Waals surface area contributed by atoms with Gasteiger partial charge in [0, 0.05) is 17.4 Å². The van der Waals surface area contributed by atoms with Gasteiger partial charge >= 0.3 is 5.97 Å². The van der Waals surface area contributed by atoms with Crippen LogP contribution in [0.25, 0.3) is 22.0 Å². The van der Waals surface area contributed by atoms with Crippen LogP contribution in [0.3, 0.4) is 0 Å². The van der Waals surface area contributed by atoms with Gasteiger partial charge in [-0.2, -0.15) is 0 Å². The molecule has 2 aromatic carbocycles. The number of nitrogens with zero attached hydrogens (tertiary/aromatic N) is 2. The van der Waals surface area contributed by atoms with E-state index in [-0.39, 0.29) is 19.0 Å². The number of carbonyl (C=O) groups is 1. The number of benzene rings is 2. The summed E-state index contributed by atoms with van der Waals surface area (Å²) in [5.74, 6) is 0.188. The molecule has 5 nitrogen and oxygen atoms in total. The lowest BCUT2D eigenvalue weighted by atomic mass is 10.0. The molecule has 0 fully saturated rings. The Kier molecular flexibility index (Phi) is 5.01. The van der Waals surface area contributed by atoms with Crippen LogP contribution in [-0.2, 0) is 22.6 Å². The zero-order chi connectivity index (χ0) is 19.7. The second-order valence-corrected chi connectivity index (χ2v) is 7.11. The van der Waals surface area contributed by atoms with Crippen molar-refractivity contribution < 1.29 is 13.9 Å². The van der Waals surface area contributed by atoms with Crippen LogP contribution in [-0.4, -0.2) is 15.9 Å². The van der Waals surface area contributed by atoms with E-state index in [2.05, 4.69) is 9.97 Å². The molecule has 0 aliphatic rings. The normalized spacial score (nSPS) is 11.2. The van der Waals surface area contributed by atoms with Gasteiger partial charge in [-0.15, -0.1) is 0 Å². The molecule has 0 spiro atoms. The number of ether oxygens (including phenoxy) is 1. The minimum atomic E-state index is -0.335. The Balaban J connectivity index is 1.40. The van der Waals surface area contributed by atoms with Crippen molar-refractivity contribution in [3.8, 4) is 0 Å². The van der Waals surface area contributed by atoms with E-state index in [1.54, 1.807) is 0 Å². The lowest BCUT2D eigenvalue weighted by Crippen LogP contribution is -2.07. The van der Waals surface area contributed by atoms with Crippen LogP contribution in [0.1, 0.15) is 29.0 Å². The van der Waals surface area contributed by atoms with Gasteiger partial charge in [-0.1, -0.05) is 35.9 Å². The summed E-state index contributed by atoms with van der Waals surface area (Å²) in [4.78, 5) is 21.0. The zero-order valence-corrected chi connectivity index (χ0v) is 16.4. The Morgan fingerprint density at radius 2 is 1.96 bits per heavy atom. The van der Waals surface area contributed by atoms with Crippen LogP contribution in [0.5, 0.6) is 0 Å². The molecule has 0 amide bonds. The smallest absolute Gasteiger partial charge is 0.306 e. The van der Waals surface area contributed by atoms with E-state index in [9.17, 15) is 4.79 Å². The molecule has 0 radical (unpaired) electrons. The molecule has 6 heteroatoms.